The van der Waals surface area contributed by atoms with Crippen molar-refractivity contribution in [2.75, 3.05) is 4.95 Å². The van der Waals surface area contributed by atoms with E-state index in [2.05, 4.69) is 35.9 Å². The Kier molecular flexibility index (Phi) is 7.77. The third kappa shape index (κ3) is 5.59. The van der Waals surface area contributed by atoms with E-state index in [4.69, 9.17) is 4.43 Å². The summed E-state index contributed by atoms with van der Waals surface area (Å²) in [7, 11) is -1.63. The van der Waals surface area contributed by atoms with Gasteiger partial charge in [0, 0.05) is 17.3 Å². The van der Waals surface area contributed by atoms with E-state index >= 15 is 0 Å². The first-order valence-corrected chi connectivity index (χ1v) is 10.4. The second-order valence-electron chi connectivity index (χ2n) is 4.95. The second-order valence-corrected chi connectivity index (χ2v) is 10.7. The summed E-state index contributed by atoms with van der Waals surface area (Å²) < 4.78 is 6.18. The van der Waals surface area contributed by atoms with Crippen LogP contribution in [0.4, 0.5) is 0 Å². The van der Waals surface area contributed by atoms with Gasteiger partial charge in [0.1, 0.15) is 5.78 Å². The Morgan fingerprint density at radius 2 is 1.94 bits per heavy atom. The monoisotopic (exact) mass is 308 g/mol. The summed E-state index contributed by atoms with van der Waals surface area (Å²) in [5.74, 6) is 0.355. The zero-order chi connectivity index (χ0) is 12.8. The molecule has 2 atom stereocenters. The van der Waals surface area contributed by atoms with Gasteiger partial charge in [0.25, 0.3) is 0 Å². The molecule has 0 aliphatic carbocycles. The number of hydrogen-bond donors (Lipinski definition) is 0. The number of ketones is 1. The molecule has 0 amide bonds. The van der Waals surface area contributed by atoms with Crippen molar-refractivity contribution >= 4 is 30.0 Å². The number of alkyl halides is 1. The predicted octanol–water partition coefficient (Wildman–Crippen LogP) is 3.93. The summed E-state index contributed by atoms with van der Waals surface area (Å²) in [6, 6.07) is 0. The van der Waals surface area contributed by atoms with Crippen LogP contribution in [0.5, 0.6) is 0 Å². The lowest BCUT2D eigenvalue weighted by molar-refractivity contribution is -0.125. The van der Waals surface area contributed by atoms with Crippen molar-refractivity contribution in [2.24, 2.45) is 5.92 Å². The van der Waals surface area contributed by atoms with Crippen LogP contribution < -0.4 is 0 Å². The highest BCUT2D eigenvalue weighted by Crippen LogP contribution is 2.21. The van der Waals surface area contributed by atoms with Crippen molar-refractivity contribution in [2.45, 2.75) is 59.2 Å². The van der Waals surface area contributed by atoms with E-state index in [1.807, 2.05) is 13.8 Å². The Hall–Kier alpha value is 0.327. The van der Waals surface area contributed by atoms with E-state index in [0.29, 0.717) is 12.2 Å². The van der Waals surface area contributed by atoms with E-state index in [1.165, 1.54) is 0 Å². The molecule has 0 rings (SSSR count). The molecule has 0 aliphatic rings. The van der Waals surface area contributed by atoms with E-state index in [9.17, 15) is 4.79 Å². The van der Waals surface area contributed by atoms with Crippen LogP contribution in [0.2, 0.25) is 13.1 Å². The average Bonchev–Trinajstić information content (AvgIpc) is 2.26. The minimum Gasteiger partial charge on any atom is -0.413 e. The molecule has 4 heteroatoms. The topological polar surface area (TPSA) is 26.3 Å². The van der Waals surface area contributed by atoms with Crippen molar-refractivity contribution in [3.05, 3.63) is 0 Å². The minimum absolute atomic E-state index is 0.0378. The van der Waals surface area contributed by atoms with Gasteiger partial charge >= 0.3 is 0 Å². The highest BCUT2D eigenvalue weighted by Gasteiger charge is 2.30. The summed E-state index contributed by atoms with van der Waals surface area (Å²) in [6.45, 7) is 10.4. The third-order valence-electron chi connectivity index (χ3n) is 2.78. The predicted molar refractivity (Wildman–Crippen MR) is 75.5 cm³/mol. The quantitative estimate of drug-likeness (QED) is 0.502. The molecule has 0 aromatic carbocycles. The Bertz CT molecular complexity index is 219. The number of hydrogen-bond acceptors (Lipinski definition) is 2. The Labute approximate surface area is 109 Å². The van der Waals surface area contributed by atoms with E-state index < -0.39 is 8.32 Å². The van der Waals surface area contributed by atoms with Crippen molar-refractivity contribution in [1.82, 2.24) is 0 Å². The molecule has 0 aliphatic heterocycles. The van der Waals surface area contributed by atoms with Gasteiger partial charge in [0.2, 0.25) is 0 Å². The van der Waals surface area contributed by atoms with Crippen LogP contribution in [0.15, 0.2) is 0 Å². The van der Waals surface area contributed by atoms with Crippen LogP contribution in [0, 0.1) is 5.92 Å². The summed E-state index contributed by atoms with van der Waals surface area (Å²) in [4.78, 5) is 12.6. The van der Waals surface area contributed by atoms with Crippen LogP contribution in [-0.2, 0) is 9.22 Å². The van der Waals surface area contributed by atoms with Crippen LogP contribution in [0.3, 0.4) is 0 Å². The van der Waals surface area contributed by atoms with Gasteiger partial charge in [-0.05, 0) is 19.5 Å². The highest BCUT2D eigenvalue weighted by atomic mass is 79.9. The van der Waals surface area contributed by atoms with Crippen molar-refractivity contribution < 1.29 is 9.22 Å². The molecular formula is C12H25BrO2Si. The molecule has 0 heterocycles. The Morgan fingerprint density at radius 1 is 1.38 bits per heavy atom. The first-order chi connectivity index (χ1) is 7.37. The SMILES string of the molecule is CCC[C@H](O[Si](C)(C)CBr)C(C)C(=O)CC. The van der Waals surface area contributed by atoms with Gasteiger partial charge in [0.15, 0.2) is 8.32 Å². The summed E-state index contributed by atoms with van der Waals surface area (Å²) in [6.07, 6.45) is 2.77. The van der Waals surface area contributed by atoms with Gasteiger partial charge in [-0.25, -0.2) is 0 Å². The van der Waals surface area contributed by atoms with E-state index in [1.54, 1.807) is 0 Å². The fraction of sp³-hybridized carbons (Fsp3) is 0.917. The number of Topliss-reactive ketones (excluding diaryl/α,β-unsaturated/α-hetero) is 1. The van der Waals surface area contributed by atoms with E-state index in [0.717, 1.165) is 17.8 Å². The van der Waals surface area contributed by atoms with Gasteiger partial charge in [-0.2, -0.15) is 0 Å². The van der Waals surface area contributed by atoms with Gasteiger partial charge in [-0.1, -0.05) is 43.1 Å². The molecule has 0 saturated heterocycles. The zero-order valence-corrected chi connectivity index (χ0v) is 13.8. The lowest BCUT2D eigenvalue weighted by Gasteiger charge is -2.31. The molecule has 0 N–H and O–H groups in total. The maximum Gasteiger partial charge on any atom is 0.197 e. The maximum absolute atomic E-state index is 11.7. The maximum atomic E-state index is 11.7. The first-order valence-electron chi connectivity index (χ1n) is 6.14. The summed E-state index contributed by atoms with van der Waals surface area (Å²) in [5, 5.41) is 0. The van der Waals surface area contributed by atoms with Gasteiger partial charge < -0.3 is 4.43 Å². The molecule has 0 aromatic rings. The molecule has 0 aromatic heterocycles. The molecule has 2 nitrogen and oxygen atoms in total. The molecule has 0 spiro atoms. The largest absolute Gasteiger partial charge is 0.413 e. The molecule has 0 saturated carbocycles. The third-order valence-corrected chi connectivity index (χ3v) is 8.42. The number of halogens is 1. The number of rotatable bonds is 8. The molecule has 16 heavy (non-hydrogen) atoms. The smallest absolute Gasteiger partial charge is 0.197 e. The first kappa shape index (κ1) is 16.3. The number of carbonyl (C=O) groups excluding carboxylic acids is 1. The van der Waals surface area contributed by atoms with Crippen LogP contribution in [0.1, 0.15) is 40.0 Å². The molecular weight excluding hydrogens is 284 g/mol. The fourth-order valence-corrected chi connectivity index (χ4v) is 3.27. The average molecular weight is 309 g/mol. The normalized spacial score (nSPS) is 15.9. The highest BCUT2D eigenvalue weighted by molar-refractivity contribution is 9.09. The molecule has 0 radical (unpaired) electrons. The number of carbonyl (C=O) groups is 1. The lowest BCUT2D eigenvalue weighted by Crippen LogP contribution is -2.41. The van der Waals surface area contributed by atoms with Crippen LogP contribution >= 0.6 is 15.9 Å². The second kappa shape index (κ2) is 7.61. The van der Waals surface area contributed by atoms with Crippen LogP contribution in [0.25, 0.3) is 0 Å². The molecule has 0 bridgehead atoms. The summed E-state index contributed by atoms with van der Waals surface area (Å²) >= 11 is 3.51. The molecule has 96 valence electrons. The minimum atomic E-state index is -1.63. The van der Waals surface area contributed by atoms with Crippen LogP contribution in [-0.4, -0.2) is 25.2 Å². The summed E-state index contributed by atoms with van der Waals surface area (Å²) in [5.41, 5.74) is 0. The van der Waals surface area contributed by atoms with Gasteiger partial charge in [-0.15, -0.1) is 0 Å². The molecule has 0 fully saturated rings. The van der Waals surface area contributed by atoms with Crippen molar-refractivity contribution in [3.8, 4) is 0 Å². The van der Waals surface area contributed by atoms with Crippen molar-refractivity contribution in [1.29, 1.82) is 0 Å². The zero-order valence-electron chi connectivity index (χ0n) is 11.2. The molecule has 1 unspecified atom stereocenters. The Balaban J connectivity index is 4.54. The van der Waals surface area contributed by atoms with Gasteiger partial charge in [0.05, 0.1) is 6.10 Å². The van der Waals surface area contributed by atoms with E-state index in [-0.39, 0.29) is 12.0 Å². The van der Waals surface area contributed by atoms with Gasteiger partial charge in [-0.3, -0.25) is 4.79 Å². The Morgan fingerprint density at radius 3 is 2.31 bits per heavy atom. The van der Waals surface area contributed by atoms with Crippen molar-refractivity contribution in [3.63, 3.8) is 0 Å². The lowest BCUT2D eigenvalue weighted by atomic mass is 9.95. The standard InChI is InChI=1S/C12H25BrO2Si/c1-6-8-12(10(3)11(14)7-2)15-16(4,5)9-13/h10,12H,6-9H2,1-5H3/t10?,12-/m0/s1. The fourth-order valence-electron chi connectivity index (χ4n) is 1.67.